The van der Waals surface area contributed by atoms with Gasteiger partial charge in [-0.15, -0.1) is 0 Å². The van der Waals surface area contributed by atoms with Crippen LogP contribution in [0.5, 0.6) is 11.5 Å². The Labute approximate surface area is 179 Å². The zero-order valence-corrected chi connectivity index (χ0v) is 19.1. The number of aliphatic imine (C=N–C) groups is 1. The molecule has 6 nitrogen and oxygen atoms in total. The summed E-state index contributed by atoms with van der Waals surface area (Å²) in [6.07, 6.45) is 2.71. The third-order valence-electron chi connectivity index (χ3n) is 4.70. The van der Waals surface area contributed by atoms with Gasteiger partial charge in [0.05, 0.1) is 31.4 Å². The Morgan fingerprint density at radius 2 is 1.93 bits per heavy atom. The zero-order valence-electron chi connectivity index (χ0n) is 18.3. The number of thioether (sulfide) groups is 1. The molecule has 1 aromatic rings. The molecule has 0 saturated carbocycles. The van der Waals surface area contributed by atoms with Crippen molar-refractivity contribution in [1.29, 1.82) is 0 Å². The van der Waals surface area contributed by atoms with Crippen molar-refractivity contribution >= 4 is 17.7 Å². The molecule has 1 aliphatic rings. The molecular weight excluding hydrogens is 386 g/mol. The van der Waals surface area contributed by atoms with E-state index in [1.807, 2.05) is 19.1 Å². The van der Waals surface area contributed by atoms with Gasteiger partial charge in [-0.05, 0) is 56.6 Å². The van der Waals surface area contributed by atoms with Crippen LogP contribution in [0.1, 0.15) is 58.6 Å². The molecule has 1 fully saturated rings. The zero-order chi connectivity index (χ0) is 21.1. The fraction of sp³-hybridized carbons (Fsp3) is 0.682. The van der Waals surface area contributed by atoms with Crippen molar-refractivity contribution in [3.05, 3.63) is 23.8 Å². The summed E-state index contributed by atoms with van der Waals surface area (Å²) in [7, 11) is 0. The topological polar surface area (TPSA) is 75.1 Å². The van der Waals surface area contributed by atoms with Crippen LogP contribution in [0.25, 0.3) is 0 Å². The number of hydrogen-bond donors (Lipinski definition) is 3. The van der Waals surface area contributed by atoms with Gasteiger partial charge in [0.15, 0.2) is 17.5 Å². The van der Waals surface area contributed by atoms with Crippen LogP contribution in [-0.4, -0.2) is 54.5 Å². The maximum Gasteiger partial charge on any atom is 0.191 e. The van der Waals surface area contributed by atoms with Crippen molar-refractivity contribution < 1.29 is 14.6 Å². The van der Waals surface area contributed by atoms with Gasteiger partial charge in [-0.25, -0.2) is 0 Å². The average molecular weight is 424 g/mol. The second kappa shape index (κ2) is 12.2. The molecule has 2 atom stereocenters. The van der Waals surface area contributed by atoms with Crippen LogP contribution in [-0.2, 0) is 0 Å². The van der Waals surface area contributed by atoms with Crippen molar-refractivity contribution in [2.45, 2.75) is 58.6 Å². The van der Waals surface area contributed by atoms with Crippen LogP contribution in [0.15, 0.2) is 23.2 Å². The largest absolute Gasteiger partial charge is 0.490 e. The third-order valence-corrected chi connectivity index (χ3v) is 5.94. The lowest BCUT2D eigenvalue weighted by atomic mass is 10.0. The first-order chi connectivity index (χ1) is 14.0. The van der Waals surface area contributed by atoms with Gasteiger partial charge in [0.2, 0.25) is 0 Å². The Morgan fingerprint density at radius 3 is 2.55 bits per heavy atom. The van der Waals surface area contributed by atoms with Gasteiger partial charge in [0.1, 0.15) is 0 Å². The summed E-state index contributed by atoms with van der Waals surface area (Å²) < 4.78 is 11.8. The van der Waals surface area contributed by atoms with Gasteiger partial charge in [-0.1, -0.05) is 19.9 Å². The first-order valence-corrected chi connectivity index (χ1v) is 11.9. The number of nitrogens with zero attached hydrogens (tertiary/aromatic N) is 1. The van der Waals surface area contributed by atoms with Crippen LogP contribution < -0.4 is 20.1 Å². The minimum absolute atomic E-state index is 0.0320. The highest BCUT2D eigenvalue weighted by atomic mass is 32.2. The van der Waals surface area contributed by atoms with Crippen LogP contribution in [0, 0.1) is 0 Å². The fourth-order valence-electron chi connectivity index (χ4n) is 3.01. The van der Waals surface area contributed by atoms with E-state index < -0.39 is 5.60 Å². The van der Waals surface area contributed by atoms with Gasteiger partial charge >= 0.3 is 0 Å². The van der Waals surface area contributed by atoms with E-state index in [9.17, 15) is 5.11 Å². The number of guanidine groups is 1. The predicted molar refractivity (Wildman–Crippen MR) is 122 cm³/mol. The van der Waals surface area contributed by atoms with Crippen molar-refractivity contribution in [2.24, 2.45) is 4.99 Å². The maximum atomic E-state index is 10.6. The molecule has 1 aromatic carbocycles. The lowest BCUT2D eigenvalue weighted by molar-refractivity contribution is 0.0778. The summed E-state index contributed by atoms with van der Waals surface area (Å²) in [5, 5.41) is 17.3. The molecule has 2 rings (SSSR count). The van der Waals surface area contributed by atoms with Crippen molar-refractivity contribution in [3.63, 3.8) is 0 Å². The molecule has 29 heavy (non-hydrogen) atoms. The van der Waals surface area contributed by atoms with Crippen LogP contribution in [0.2, 0.25) is 0 Å². The SMILES string of the molecule is CCCOc1ccc(C(C)NC(=NCC2(O)CCSC2)NCC)cc1OCCC. The normalized spacial score (nSPS) is 20.4. The fourth-order valence-corrected chi connectivity index (χ4v) is 4.29. The Bertz CT molecular complexity index is 648. The molecule has 2 unspecified atom stereocenters. The van der Waals surface area contributed by atoms with Gasteiger partial charge in [0.25, 0.3) is 0 Å². The number of benzene rings is 1. The summed E-state index contributed by atoms with van der Waals surface area (Å²) in [4.78, 5) is 4.64. The highest BCUT2D eigenvalue weighted by molar-refractivity contribution is 7.99. The molecular formula is C22H37N3O3S. The Morgan fingerprint density at radius 1 is 1.21 bits per heavy atom. The highest BCUT2D eigenvalue weighted by Gasteiger charge is 2.31. The number of nitrogens with one attached hydrogen (secondary N) is 2. The Hall–Kier alpha value is -1.60. The van der Waals surface area contributed by atoms with E-state index in [2.05, 4.69) is 42.5 Å². The van der Waals surface area contributed by atoms with Crippen molar-refractivity contribution in [1.82, 2.24) is 10.6 Å². The van der Waals surface area contributed by atoms with E-state index in [1.165, 1.54) is 0 Å². The third kappa shape index (κ3) is 7.63. The molecule has 3 N–H and O–H groups in total. The standard InChI is InChI=1S/C22H37N3O3S/c1-5-11-27-19-9-8-18(14-20(19)28-12-6-2)17(4)25-21(23-7-3)24-15-22(26)10-13-29-16-22/h8-9,14,17,26H,5-7,10-13,15-16H2,1-4H3,(H2,23,24,25). The lowest BCUT2D eigenvalue weighted by Gasteiger charge is -2.22. The van der Waals surface area contributed by atoms with E-state index in [0.717, 1.165) is 54.4 Å². The second-order valence-corrected chi connectivity index (χ2v) is 8.60. The summed E-state index contributed by atoms with van der Waals surface area (Å²) in [6, 6.07) is 6.12. The van der Waals surface area contributed by atoms with Crippen LogP contribution in [0.3, 0.4) is 0 Å². The highest BCUT2D eigenvalue weighted by Crippen LogP contribution is 2.31. The molecule has 0 aliphatic carbocycles. The van der Waals surface area contributed by atoms with Gasteiger partial charge in [-0.2, -0.15) is 11.8 Å². The first-order valence-electron chi connectivity index (χ1n) is 10.8. The molecule has 1 heterocycles. The number of ether oxygens (including phenoxy) is 2. The maximum absolute atomic E-state index is 10.6. The van der Waals surface area contributed by atoms with Crippen molar-refractivity contribution in [2.75, 3.05) is 37.8 Å². The average Bonchev–Trinajstić information content (AvgIpc) is 3.16. The minimum atomic E-state index is -0.685. The van der Waals surface area contributed by atoms with E-state index >= 15 is 0 Å². The molecule has 0 spiro atoms. The van der Waals surface area contributed by atoms with E-state index in [0.29, 0.717) is 25.7 Å². The van der Waals surface area contributed by atoms with Crippen molar-refractivity contribution in [3.8, 4) is 11.5 Å². The summed E-state index contributed by atoms with van der Waals surface area (Å²) >= 11 is 1.79. The first kappa shape index (κ1) is 23.7. The lowest BCUT2D eigenvalue weighted by Crippen LogP contribution is -2.41. The molecule has 0 aromatic heterocycles. The summed E-state index contributed by atoms with van der Waals surface area (Å²) in [6.45, 7) is 10.8. The number of hydrogen-bond acceptors (Lipinski definition) is 5. The van der Waals surface area contributed by atoms with E-state index in [1.54, 1.807) is 11.8 Å². The molecule has 0 bridgehead atoms. The smallest absolute Gasteiger partial charge is 0.191 e. The van der Waals surface area contributed by atoms with Gasteiger partial charge in [0, 0.05) is 12.3 Å². The molecule has 1 saturated heterocycles. The molecule has 0 amide bonds. The minimum Gasteiger partial charge on any atom is -0.490 e. The number of aliphatic hydroxyl groups is 1. The number of rotatable bonds is 11. The predicted octanol–water partition coefficient (Wildman–Crippen LogP) is 3.75. The van der Waals surface area contributed by atoms with Gasteiger partial charge in [-0.3, -0.25) is 4.99 Å². The van der Waals surface area contributed by atoms with Gasteiger partial charge < -0.3 is 25.2 Å². The summed E-state index contributed by atoms with van der Waals surface area (Å²) in [5.41, 5.74) is 0.413. The molecule has 0 radical (unpaired) electrons. The second-order valence-electron chi connectivity index (χ2n) is 7.49. The molecule has 164 valence electrons. The van der Waals surface area contributed by atoms with E-state index in [4.69, 9.17) is 9.47 Å². The summed E-state index contributed by atoms with van der Waals surface area (Å²) in [5.74, 6) is 4.04. The van der Waals surface area contributed by atoms with E-state index in [-0.39, 0.29) is 6.04 Å². The molecule has 7 heteroatoms. The Kier molecular flexibility index (Phi) is 9.94. The quantitative estimate of drug-likeness (QED) is 0.372. The monoisotopic (exact) mass is 423 g/mol. The molecule has 1 aliphatic heterocycles. The van der Waals surface area contributed by atoms with Crippen LogP contribution >= 0.6 is 11.8 Å². The van der Waals surface area contributed by atoms with Crippen LogP contribution in [0.4, 0.5) is 0 Å². The Balaban J connectivity index is 2.09.